The molecule has 0 fully saturated rings. The Balaban J connectivity index is 0.00000289. The average molecular weight is 310 g/mol. The largest absolute Gasteiger partial charge is 1.00 e. The summed E-state index contributed by atoms with van der Waals surface area (Å²) >= 11 is 0. The second-order valence-corrected chi connectivity index (χ2v) is 4.69. The van der Waals surface area contributed by atoms with Crippen LogP contribution >= 0.6 is 0 Å². The fourth-order valence-corrected chi connectivity index (χ4v) is 2.08. The van der Waals surface area contributed by atoms with Crippen LogP contribution in [0.5, 0.6) is 5.75 Å². The van der Waals surface area contributed by atoms with Gasteiger partial charge >= 0.3 is 68.6 Å². The van der Waals surface area contributed by atoms with Crippen LogP contribution in [0.1, 0.15) is 5.56 Å². The van der Waals surface area contributed by atoms with Crippen molar-refractivity contribution >= 4 is 22.7 Å². The summed E-state index contributed by atoms with van der Waals surface area (Å²) in [4.78, 5) is -0.902. The topological polar surface area (TPSA) is 43.4 Å². The van der Waals surface area contributed by atoms with Crippen LogP contribution in [0.25, 0.3) is 0 Å². The third-order valence-corrected chi connectivity index (χ3v) is 3.01. The van der Waals surface area contributed by atoms with E-state index in [4.69, 9.17) is 0 Å². The molecule has 18 heavy (non-hydrogen) atoms. The first-order valence-electron chi connectivity index (χ1n) is 4.40. The molecule has 1 aromatic rings. The van der Waals surface area contributed by atoms with Gasteiger partial charge in [0.05, 0.1) is 7.11 Å². The third-order valence-electron chi connectivity index (χ3n) is 2.17. The Kier molecular flexibility index (Phi) is 6.36. The summed E-state index contributed by atoms with van der Waals surface area (Å²) in [7, 11) is -4.15. The van der Waals surface area contributed by atoms with Crippen LogP contribution in [-0.4, -0.2) is 22.5 Å². The first-order chi connectivity index (χ1) is 7.57. The molecule has 0 aliphatic heterocycles. The van der Waals surface area contributed by atoms with Gasteiger partial charge in [-0.1, -0.05) is 5.56 Å². The summed E-state index contributed by atoms with van der Waals surface area (Å²) in [6.45, 7) is -4.25. The average Bonchev–Trinajstić information content (AvgIpc) is 2.14. The number of halogens is 4. The Labute approximate surface area is 145 Å². The van der Waals surface area contributed by atoms with Gasteiger partial charge in [0.15, 0.2) is 0 Å². The van der Waals surface area contributed by atoms with E-state index in [0.29, 0.717) is 12.1 Å². The summed E-state index contributed by atoms with van der Waals surface area (Å²) in [5.74, 6) is -0.660. The molecule has 0 bridgehead atoms. The zero-order valence-corrected chi connectivity index (χ0v) is 13.8. The summed E-state index contributed by atoms with van der Waals surface area (Å²) in [5, 5.41) is 0. The van der Waals surface area contributed by atoms with Crippen LogP contribution in [-0.2, 0) is 10.2 Å². The van der Waals surface area contributed by atoms with Gasteiger partial charge in [-0.15, -0.1) is 9.35 Å². The molecule has 0 radical (unpaired) electrons. The number of hydrogen-bond acceptors (Lipinski definition) is 3. The number of hydrogen-bond donors (Lipinski definition) is 0. The van der Waals surface area contributed by atoms with E-state index in [0.717, 1.165) is 14.0 Å². The zero-order chi connectivity index (χ0) is 13.4. The molecule has 0 aliphatic rings. The Bertz CT molecular complexity index is 544. The number of benzene rings is 1. The Hall–Kier alpha value is 0.391. The van der Waals surface area contributed by atoms with Crippen molar-refractivity contribution in [1.29, 1.82) is 0 Å². The summed E-state index contributed by atoms with van der Waals surface area (Å²) < 4.78 is 76.3. The number of rotatable bonds is 3. The summed E-state index contributed by atoms with van der Waals surface area (Å²) in [6, 6.07) is 1.10. The van der Waals surface area contributed by atoms with Crippen molar-refractivity contribution in [3.05, 3.63) is 17.7 Å². The van der Waals surface area contributed by atoms with Gasteiger partial charge in [0, 0.05) is 0 Å². The minimum absolute atomic E-state index is 0. The Morgan fingerprint density at radius 1 is 1.22 bits per heavy atom. The molecule has 1 aromatic carbocycles. The van der Waals surface area contributed by atoms with Gasteiger partial charge in [0.1, 0.15) is 10.6 Å². The van der Waals surface area contributed by atoms with Gasteiger partial charge in [-0.3, -0.25) is 0 Å². The molecular formula is C8H8BF4KO3S. The monoisotopic (exact) mass is 310 g/mol. The molecule has 0 unspecified atom stereocenters. The molecule has 0 saturated carbocycles. The van der Waals surface area contributed by atoms with Crippen molar-refractivity contribution in [2.24, 2.45) is 0 Å². The Morgan fingerprint density at radius 3 is 2.06 bits per heavy atom. The molecule has 0 heterocycles. The van der Waals surface area contributed by atoms with Crippen LogP contribution in [0.15, 0.2) is 17.0 Å². The Morgan fingerprint density at radius 2 is 1.72 bits per heavy atom. The number of ether oxygens (including phenoxy) is 1. The standard InChI is InChI=1S/C8H8BF4O3S.K/c1-5-3-8(17(13,14)15)7(16-2)4-6(5)9(10,11)12;/h3-4H,1-2H3;/q-1;+1. The van der Waals surface area contributed by atoms with E-state index >= 15 is 0 Å². The van der Waals surface area contributed by atoms with Gasteiger partial charge in [-0.25, -0.2) is 0 Å². The molecule has 10 heteroatoms. The molecule has 0 saturated heterocycles. The van der Waals surface area contributed by atoms with E-state index in [9.17, 15) is 25.3 Å². The van der Waals surface area contributed by atoms with Gasteiger partial charge in [0.2, 0.25) is 0 Å². The molecule has 96 valence electrons. The van der Waals surface area contributed by atoms with Crippen LogP contribution in [0.3, 0.4) is 0 Å². The van der Waals surface area contributed by atoms with Crippen LogP contribution < -0.4 is 61.6 Å². The molecular weight excluding hydrogens is 302 g/mol. The summed E-state index contributed by atoms with van der Waals surface area (Å²) in [6.07, 6.45) is 0. The predicted molar refractivity (Wildman–Crippen MR) is 54.7 cm³/mol. The molecule has 3 nitrogen and oxygen atoms in total. The van der Waals surface area contributed by atoms with E-state index in [2.05, 4.69) is 4.74 Å². The van der Waals surface area contributed by atoms with E-state index in [1.54, 1.807) is 0 Å². The van der Waals surface area contributed by atoms with E-state index in [1.165, 1.54) is 0 Å². The second-order valence-electron chi connectivity index (χ2n) is 3.37. The van der Waals surface area contributed by atoms with Crippen LogP contribution in [0.2, 0.25) is 0 Å². The third kappa shape index (κ3) is 4.20. The van der Waals surface area contributed by atoms with Crippen molar-refractivity contribution in [2.45, 2.75) is 11.8 Å². The van der Waals surface area contributed by atoms with Gasteiger partial charge in [-0.2, -0.15) is 8.42 Å². The fourth-order valence-electron chi connectivity index (χ4n) is 1.38. The molecule has 0 aromatic heterocycles. The van der Waals surface area contributed by atoms with Crippen molar-refractivity contribution < 1.29 is 81.4 Å². The minimum atomic E-state index is -5.31. The fraction of sp³-hybridized carbons (Fsp3) is 0.250. The predicted octanol–water partition coefficient (Wildman–Crippen LogP) is -1.28. The van der Waals surface area contributed by atoms with Crippen LogP contribution in [0.4, 0.5) is 16.8 Å². The molecule has 0 amide bonds. The van der Waals surface area contributed by atoms with Crippen molar-refractivity contribution in [3.8, 4) is 5.75 Å². The maximum Gasteiger partial charge on any atom is 1.00 e. The van der Waals surface area contributed by atoms with Crippen LogP contribution in [0, 0.1) is 6.92 Å². The molecule has 0 atom stereocenters. The molecule has 0 spiro atoms. The smallest absolute Gasteiger partial charge is 0.495 e. The maximum absolute atomic E-state index is 12.8. The SMILES string of the molecule is COc1cc([B-](F)(F)F)c(C)cc1S(=O)(=O)F.[K+]. The van der Waals surface area contributed by atoms with Gasteiger partial charge < -0.3 is 17.7 Å². The van der Waals surface area contributed by atoms with E-state index in [-0.39, 0.29) is 56.9 Å². The second kappa shape index (κ2) is 6.23. The van der Waals surface area contributed by atoms with Crippen molar-refractivity contribution in [2.75, 3.05) is 7.11 Å². The van der Waals surface area contributed by atoms with Crippen molar-refractivity contribution in [3.63, 3.8) is 0 Å². The van der Waals surface area contributed by atoms with Gasteiger partial charge in [-0.05, 0) is 19.1 Å². The molecule has 1 rings (SSSR count). The maximum atomic E-state index is 12.8. The number of aryl methyl sites for hydroxylation is 1. The summed E-state index contributed by atoms with van der Waals surface area (Å²) in [5.41, 5.74) is -1.37. The van der Waals surface area contributed by atoms with E-state index in [1.807, 2.05) is 0 Å². The minimum Gasteiger partial charge on any atom is -0.495 e. The zero-order valence-electron chi connectivity index (χ0n) is 9.88. The van der Waals surface area contributed by atoms with Crippen molar-refractivity contribution in [1.82, 2.24) is 0 Å². The normalized spacial score (nSPS) is 11.9. The first-order valence-corrected chi connectivity index (χ1v) is 5.79. The quantitative estimate of drug-likeness (QED) is 0.397. The molecule has 0 aliphatic carbocycles. The first kappa shape index (κ1) is 18.4. The van der Waals surface area contributed by atoms with Gasteiger partial charge in [0.25, 0.3) is 0 Å². The molecule has 0 N–H and O–H groups in total. The number of methoxy groups -OCH3 is 1. The van der Waals surface area contributed by atoms with E-state index < -0.39 is 33.3 Å².